The molecule has 2 rings (SSSR count). The second-order valence-corrected chi connectivity index (χ2v) is 5.74. The normalized spacial score (nSPS) is 11.0. The Labute approximate surface area is 122 Å². The standard InChI is InChI=1S/C15H19FN2OS/c1-11(2)6-17-7-12-4-3-5-14(16)15(12)19-8-13-9-20-10-18-13/h3-5,9-11,17H,6-8H2,1-2H3. The number of rotatable bonds is 7. The Morgan fingerprint density at radius 1 is 1.40 bits per heavy atom. The maximum Gasteiger partial charge on any atom is 0.165 e. The molecule has 0 aliphatic carbocycles. The molecule has 1 aromatic carbocycles. The zero-order valence-corrected chi connectivity index (χ0v) is 12.5. The molecule has 5 heteroatoms. The lowest BCUT2D eigenvalue weighted by molar-refractivity contribution is 0.282. The maximum absolute atomic E-state index is 13.9. The van der Waals surface area contributed by atoms with E-state index in [1.54, 1.807) is 11.6 Å². The molecular formula is C15H19FN2OS. The van der Waals surface area contributed by atoms with Crippen LogP contribution in [-0.4, -0.2) is 11.5 Å². The van der Waals surface area contributed by atoms with Gasteiger partial charge in [0.25, 0.3) is 0 Å². The first kappa shape index (κ1) is 14.9. The summed E-state index contributed by atoms with van der Waals surface area (Å²) >= 11 is 1.50. The van der Waals surface area contributed by atoms with Crippen molar-refractivity contribution in [3.05, 3.63) is 46.2 Å². The highest BCUT2D eigenvalue weighted by atomic mass is 32.1. The van der Waals surface area contributed by atoms with E-state index >= 15 is 0 Å². The molecule has 20 heavy (non-hydrogen) atoms. The summed E-state index contributed by atoms with van der Waals surface area (Å²) in [5, 5.41) is 5.20. The molecule has 0 aliphatic rings. The number of aromatic nitrogens is 1. The number of halogens is 1. The summed E-state index contributed by atoms with van der Waals surface area (Å²) in [6, 6.07) is 5.01. The minimum absolute atomic E-state index is 0.293. The number of ether oxygens (including phenoxy) is 1. The van der Waals surface area contributed by atoms with Gasteiger partial charge in [-0.3, -0.25) is 0 Å². The summed E-state index contributed by atoms with van der Waals surface area (Å²) in [6.07, 6.45) is 0. The van der Waals surface area contributed by atoms with Gasteiger partial charge in [-0.05, 0) is 18.5 Å². The van der Waals surface area contributed by atoms with Gasteiger partial charge in [-0.25, -0.2) is 9.37 Å². The lowest BCUT2D eigenvalue weighted by Crippen LogP contribution is -2.19. The summed E-state index contributed by atoms with van der Waals surface area (Å²) in [5.74, 6) is 0.545. The second kappa shape index (κ2) is 7.36. The van der Waals surface area contributed by atoms with E-state index < -0.39 is 0 Å². The Hall–Kier alpha value is -1.46. The van der Waals surface area contributed by atoms with Gasteiger partial charge in [0.1, 0.15) is 6.61 Å². The lowest BCUT2D eigenvalue weighted by atomic mass is 10.1. The van der Waals surface area contributed by atoms with E-state index in [1.165, 1.54) is 17.4 Å². The van der Waals surface area contributed by atoms with Crippen LogP contribution in [0.2, 0.25) is 0 Å². The van der Waals surface area contributed by atoms with Gasteiger partial charge < -0.3 is 10.1 Å². The quantitative estimate of drug-likeness (QED) is 0.847. The van der Waals surface area contributed by atoms with E-state index in [2.05, 4.69) is 24.1 Å². The minimum atomic E-state index is -0.330. The third kappa shape index (κ3) is 4.28. The fourth-order valence-corrected chi connectivity index (χ4v) is 2.35. The molecule has 0 saturated heterocycles. The van der Waals surface area contributed by atoms with Crippen molar-refractivity contribution in [1.82, 2.24) is 10.3 Å². The Morgan fingerprint density at radius 2 is 2.25 bits per heavy atom. The molecule has 0 spiro atoms. The smallest absolute Gasteiger partial charge is 0.165 e. The van der Waals surface area contributed by atoms with E-state index in [9.17, 15) is 4.39 Å². The van der Waals surface area contributed by atoms with Gasteiger partial charge in [0.15, 0.2) is 11.6 Å². The summed E-state index contributed by atoms with van der Waals surface area (Å²) < 4.78 is 19.5. The summed E-state index contributed by atoms with van der Waals surface area (Å²) in [6.45, 7) is 6.06. The molecule has 0 bridgehead atoms. The average molecular weight is 294 g/mol. The van der Waals surface area contributed by atoms with Crippen LogP contribution in [0.25, 0.3) is 0 Å². The topological polar surface area (TPSA) is 34.1 Å². The van der Waals surface area contributed by atoms with Gasteiger partial charge >= 0.3 is 0 Å². The molecule has 108 valence electrons. The van der Waals surface area contributed by atoms with Gasteiger partial charge in [-0.2, -0.15) is 0 Å². The Kier molecular flexibility index (Phi) is 5.49. The number of hydrogen-bond donors (Lipinski definition) is 1. The zero-order chi connectivity index (χ0) is 14.4. The fraction of sp³-hybridized carbons (Fsp3) is 0.400. The molecule has 2 aromatic rings. The summed E-state index contributed by atoms with van der Waals surface area (Å²) in [7, 11) is 0. The Balaban J connectivity index is 2.01. The number of nitrogens with one attached hydrogen (secondary N) is 1. The molecule has 3 nitrogen and oxygen atoms in total. The minimum Gasteiger partial charge on any atom is -0.484 e. The van der Waals surface area contributed by atoms with Gasteiger partial charge in [0, 0.05) is 17.5 Å². The largest absolute Gasteiger partial charge is 0.484 e. The monoisotopic (exact) mass is 294 g/mol. The molecule has 0 atom stereocenters. The molecular weight excluding hydrogens is 275 g/mol. The van der Waals surface area contributed by atoms with Crippen molar-refractivity contribution >= 4 is 11.3 Å². The predicted molar refractivity (Wildman–Crippen MR) is 79.4 cm³/mol. The third-order valence-electron chi connectivity index (χ3n) is 2.76. The average Bonchev–Trinajstić information content (AvgIpc) is 2.90. The Morgan fingerprint density at radius 3 is 2.95 bits per heavy atom. The van der Waals surface area contributed by atoms with Crippen molar-refractivity contribution in [1.29, 1.82) is 0 Å². The molecule has 1 aromatic heterocycles. The van der Waals surface area contributed by atoms with Crippen molar-refractivity contribution in [2.75, 3.05) is 6.54 Å². The second-order valence-electron chi connectivity index (χ2n) is 5.02. The summed E-state index contributed by atoms with van der Waals surface area (Å²) in [5.41, 5.74) is 3.39. The van der Waals surface area contributed by atoms with E-state index in [4.69, 9.17) is 4.74 Å². The Bertz CT molecular complexity index is 529. The number of hydrogen-bond acceptors (Lipinski definition) is 4. The van der Waals surface area contributed by atoms with Crippen LogP contribution < -0.4 is 10.1 Å². The van der Waals surface area contributed by atoms with Gasteiger partial charge in [0.05, 0.1) is 11.2 Å². The fourth-order valence-electron chi connectivity index (χ4n) is 1.80. The molecule has 0 amide bonds. The van der Waals surface area contributed by atoms with Crippen LogP contribution in [0, 0.1) is 11.7 Å². The lowest BCUT2D eigenvalue weighted by Gasteiger charge is -2.13. The predicted octanol–water partition coefficient (Wildman–Crippen LogP) is 3.61. The van der Waals surface area contributed by atoms with Gasteiger partial charge in [0.2, 0.25) is 0 Å². The molecule has 0 fully saturated rings. The van der Waals surface area contributed by atoms with Crippen LogP contribution in [0.5, 0.6) is 5.75 Å². The third-order valence-corrected chi connectivity index (χ3v) is 3.40. The molecule has 0 unspecified atom stereocenters. The first-order chi connectivity index (χ1) is 9.66. The zero-order valence-electron chi connectivity index (χ0n) is 11.7. The number of benzene rings is 1. The van der Waals surface area contributed by atoms with Crippen molar-refractivity contribution < 1.29 is 9.13 Å². The van der Waals surface area contributed by atoms with Gasteiger partial charge in [-0.15, -0.1) is 11.3 Å². The molecule has 0 aliphatic heterocycles. The van der Waals surface area contributed by atoms with E-state index in [0.29, 0.717) is 24.8 Å². The van der Waals surface area contributed by atoms with E-state index in [-0.39, 0.29) is 5.82 Å². The molecule has 0 saturated carbocycles. The van der Waals surface area contributed by atoms with E-state index in [1.807, 2.05) is 11.4 Å². The summed E-state index contributed by atoms with van der Waals surface area (Å²) in [4.78, 5) is 4.13. The highest BCUT2D eigenvalue weighted by Crippen LogP contribution is 2.23. The highest BCUT2D eigenvalue weighted by molar-refractivity contribution is 7.07. The van der Waals surface area contributed by atoms with Crippen molar-refractivity contribution in [2.24, 2.45) is 5.92 Å². The SMILES string of the molecule is CC(C)CNCc1cccc(F)c1OCc1cscn1. The number of nitrogens with zero attached hydrogens (tertiary/aromatic N) is 1. The first-order valence-electron chi connectivity index (χ1n) is 6.64. The first-order valence-corrected chi connectivity index (χ1v) is 7.59. The molecule has 1 N–H and O–H groups in total. The van der Waals surface area contributed by atoms with Crippen molar-refractivity contribution in [3.8, 4) is 5.75 Å². The van der Waals surface area contributed by atoms with Crippen LogP contribution >= 0.6 is 11.3 Å². The van der Waals surface area contributed by atoms with Gasteiger partial charge in [-0.1, -0.05) is 26.0 Å². The van der Waals surface area contributed by atoms with Crippen LogP contribution in [0.1, 0.15) is 25.1 Å². The van der Waals surface area contributed by atoms with E-state index in [0.717, 1.165) is 17.8 Å². The highest BCUT2D eigenvalue weighted by Gasteiger charge is 2.10. The van der Waals surface area contributed by atoms with Crippen LogP contribution in [0.3, 0.4) is 0 Å². The van der Waals surface area contributed by atoms with Crippen LogP contribution in [-0.2, 0) is 13.2 Å². The maximum atomic E-state index is 13.9. The van der Waals surface area contributed by atoms with Crippen LogP contribution in [0.4, 0.5) is 4.39 Å². The van der Waals surface area contributed by atoms with Crippen LogP contribution in [0.15, 0.2) is 29.1 Å². The molecule has 0 radical (unpaired) electrons. The number of thiazole rings is 1. The van der Waals surface area contributed by atoms with Crippen molar-refractivity contribution in [2.45, 2.75) is 27.0 Å². The number of para-hydroxylation sites is 1. The van der Waals surface area contributed by atoms with Crippen molar-refractivity contribution in [3.63, 3.8) is 0 Å². The molecule has 1 heterocycles.